The van der Waals surface area contributed by atoms with Gasteiger partial charge in [-0.05, 0) is 37.5 Å². The molecule has 0 spiro atoms. The third-order valence-electron chi connectivity index (χ3n) is 3.68. The van der Waals surface area contributed by atoms with Crippen LogP contribution < -0.4 is 20.7 Å². The summed E-state index contributed by atoms with van der Waals surface area (Å²) in [6, 6.07) is 4.94. The number of amides is 4. The van der Waals surface area contributed by atoms with E-state index < -0.39 is 36.0 Å². The van der Waals surface area contributed by atoms with Gasteiger partial charge in [0.1, 0.15) is 11.8 Å². The first-order valence-electron chi connectivity index (χ1n) is 8.49. The van der Waals surface area contributed by atoms with Crippen LogP contribution in [0.3, 0.4) is 0 Å². The van der Waals surface area contributed by atoms with Gasteiger partial charge in [0.05, 0.1) is 12.7 Å². The van der Waals surface area contributed by atoms with Crippen molar-refractivity contribution >= 4 is 35.6 Å². The van der Waals surface area contributed by atoms with Gasteiger partial charge in [-0.3, -0.25) is 14.9 Å². The van der Waals surface area contributed by atoms with E-state index in [1.54, 1.807) is 24.3 Å². The molecule has 1 rings (SSSR count). The highest BCUT2D eigenvalue weighted by atomic mass is 32.2. The van der Waals surface area contributed by atoms with Crippen LogP contribution in [0, 0.1) is 0 Å². The Balaban J connectivity index is 2.83. The molecule has 0 saturated carbocycles. The van der Waals surface area contributed by atoms with Crippen molar-refractivity contribution < 1.29 is 28.7 Å². The Morgan fingerprint density at radius 3 is 2.46 bits per heavy atom. The summed E-state index contributed by atoms with van der Waals surface area (Å²) in [5.74, 6) is -1.08. The average molecular weight is 411 g/mol. The van der Waals surface area contributed by atoms with Gasteiger partial charge in [0.2, 0.25) is 0 Å². The Labute approximate surface area is 167 Å². The maximum atomic E-state index is 12.6. The van der Waals surface area contributed by atoms with Crippen LogP contribution in [0.15, 0.2) is 24.3 Å². The van der Waals surface area contributed by atoms with E-state index in [0.717, 1.165) is 0 Å². The van der Waals surface area contributed by atoms with Crippen molar-refractivity contribution in [3.8, 4) is 5.75 Å². The average Bonchev–Trinajstić information content (AvgIpc) is 2.70. The third kappa shape index (κ3) is 7.10. The fourth-order valence-electron chi connectivity index (χ4n) is 2.14. The number of thioether (sulfide) groups is 1. The highest BCUT2D eigenvalue weighted by Gasteiger charge is 2.27. The van der Waals surface area contributed by atoms with E-state index >= 15 is 0 Å². The van der Waals surface area contributed by atoms with E-state index in [9.17, 15) is 19.2 Å². The number of hydrogen-bond acceptors (Lipinski definition) is 7. The van der Waals surface area contributed by atoms with Gasteiger partial charge in [0.15, 0.2) is 6.10 Å². The summed E-state index contributed by atoms with van der Waals surface area (Å²) in [5, 5.41) is 6.87. The van der Waals surface area contributed by atoms with Gasteiger partial charge in [-0.1, -0.05) is 12.1 Å². The van der Waals surface area contributed by atoms with E-state index in [4.69, 9.17) is 9.47 Å². The molecule has 0 aliphatic carbocycles. The molecule has 0 saturated heterocycles. The first-order valence-corrected chi connectivity index (χ1v) is 9.89. The quantitative estimate of drug-likeness (QED) is 0.517. The van der Waals surface area contributed by atoms with Gasteiger partial charge in [-0.15, -0.1) is 0 Å². The Morgan fingerprint density at radius 1 is 1.18 bits per heavy atom. The van der Waals surface area contributed by atoms with Gasteiger partial charge >= 0.3 is 12.0 Å². The zero-order chi connectivity index (χ0) is 21.1. The smallest absolute Gasteiger partial charge is 0.329 e. The van der Waals surface area contributed by atoms with Crippen LogP contribution in [0.4, 0.5) is 4.79 Å². The Hall–Kier alpha value is -2.75. The van der Waals surface area contributed by atoms with Crippen molar-refractivity contribution in [3.05, 3.63) is 29.8 Å². The van der Waals surface area contributed by atoms with Gasteiger partial charge < -0.3 is 20.1 Å². The number of esters is 1. The first kappa shape index (κ1) is 23.3. The van der Waals surface area contributed by atoms with Crippen molar-refractivity contribution in [3.63, 3.8) is 0 Å². The van der Waals surface area contributed by atoms with Crippen LogP contribution in [0.25, 0.3) is 0 Å². The summed E-state index contributed by atoms with van der Waals surface area (Å²) in [6.45, 7) is 1.34. The van der Waals surface area contributed by atoms with Crippen molar-refractivity contribution in [1.29, 1.82) is 0 Å². The molecule has 0 unspecified atom stereocenters. The number of hydrogen-bond donors (Lipinski definition) is 3. The molecule has 10 heteroatoms. The number of urea groups is 1. The summed E-state index contributed by atoms with van der Waals surface area (Å²) >= 11 is 1.50. The number of methoxy groups -OCH3 is 1. The Kier molecular flexibility index (Phi) is 9.86. The van der Waals surface area contributed by atoms with E-state index in [1.165, 1.54) is 32.8 Å². The largest absolute Gasteiger partial charge is 0.496 e. The van der Waals surface area contributed by atoms with Crippen molar-refractivity contribution in [1.82, 2.24) is 16.0 Å². The van der Waals surface area contributed by atoms with Crippen molar-refractivity contribution in [2.75, 3.05) is 26.2 Å². The fraction of sp³-hybridized carbons (Fsp3) is 0.444. The Bertz CT molecular complexity index is 712. The molecule has 3 N–H and O–H groups in total. The van der Waals surface area contributed by atoms with Crippen LogP contribution in [0.2, 0.25) is 0 Å². The number of carbonyl (C=O) groups excluding carboxylic acids is 4. The summed E-state index contributed by atoms with van der Waals surface area (Å²) < 4.78 is 10.3. The molecule has 0 radical (unpaired) electrons. The monoisotopic (exact) mass is 411 g/mol. The van der Waals surface area contributed by atoms with Crippen LogP contribution in [0.1, 0.15) is 23.7 Å². The second-order valence-electron chi connectivity index (χ2n) is 5.66. The summed E-state index contributed by atoms with van der Waals surface area (Å²) in [6.07, 6.45) is 0.971. The second kappa shape index (κ2) is 11.9. The minimum Gasteiger partial charge on any atom is -0.496 e. The van der Waals surface area contributed by atoms with Gasteiger partial charge in [-0.2, -0.15) is 11.8 Å². The molecule has 0 aliphatic rings. The molecule has 28 heavy (non-hydrogen) atoms. The van der Waals surface area contributed by atoms with Crippen LogP contribution in [0.5, 0.6) is 5.75 Å². The first-order chi connectivity index (χ1) is 13.3. The molecule has 0 fully saturated rings. The van der Waals surface area contributed by atoms with Crippen molar-refractivity contribution in [2.24, 2.45) is 0 Å². The molecule has 154 valence electrons. The third-order valence-corrected chi connectivity index (χ3v) is 4.32. The zero-order valence-electron chi connectivity index (χ0n) is 16.2. The predicted molar refractivity (Wildman–Crippen MR) is 105 cm³/mol. The predicted octanol–water partition coefficient (Wildman–Crippen LogP) is 0.934. The highest BCUT2D eigenvalue weighted by molar-refractivity contribution is 7.98. The van der Waals surface area contributed by atoms with Gasteiger partial charge in [-0.25, -0.2) is 9.59 Å². The lowest BCUT2D eigenvalue weighted by molar-refractivity contribution is -0.156. The molecule has 2 atom stereocenters. The standard InChI is InChI=1S/C18H25N3O6S/c1-11(15(22)21-18(25)19-2)27-17(24)13(9-10-28-4)20-16(23)12-7-5-6-8-14(12)26-3/h5-8,11,13H,9-10H2,1-4H3,(H,20,23)(H2,19,21,22,25)/t11-,13-/m0/s1. The van der Waals surface area contributed by atoms with Crippen LogP contribution in [-0.4, -0.2) is 62.1 Å². The second-order valence-corrected chi connectivity index (χ2v) is 6.64. The topological polar surface area (TPSA) is 123 Å². The number of imide groups is 1. The van der Waals surface area contributed by atoms with E-state index in [0.29, 0.717) is 17.9 Å². The van der Waals surface area contributed by atoms with Crippen LogP contribution in [-0.2, 0) is 14.3 Å². The Morgan fingerprint density at radius 2 is 1.86 bits per heavy atom. The molecule has 0 bridgehead atoms. The molecular formula is C18H25N3O6S. The summed E-state index contributed by atoms with van der Waals surface area (Å²) in [7, 11) is 2.80. The van der Waals surface area contributed by atoms with E-state index in [1.807, 2.05) is 11.6 Å². The molecule has 0 aliphatic heterocycles. The minimum absolute atomic E-state index is 0.275. The molecule has 9 nitrogen and oxygen atoms in total. The maximum Gasteiger partial charge on any atom is 0.329 e. The number of para-hydroxylation sites is 1. The molecular weight excluding hydrogens is 386 g/mol. The number of rotatable bonds is 9. The molecule has 0 heterocycles. The van der Waals surface area contributed by atoms with Gasteiger partial charge in [0, 0.05) is 7.05 Å². The lowest BCUT2D eigenvalue weighted by Crippen LogP contribution is -2.47. The maximum absolute atomic E-state index is 12.6. The number of benzene rings is 1. The highest BCUT2D eigenvalue weighted by Crippen LogP contribution is 2.17. The summed E-state index contributed by atoms with van der Waals surface area (Å²) in [4.78, 5) is 48.1. The zero-order valence-corrected chi connectivity index (χ0v) is 17.1. The SMILES string of the molecule is CNC(=O)NC(=O)[C@H](C)OC(=O)[C@H](CCSC)NC(=O)c1ccccc1OC. The number of ether oxygens (including phenoxy) is 2. The molecule has 0 aromatic heterocycles. The minimum atomic E-state index is -1.20. The molecule has 1 aromatic rings. The van der Waals surface area contributed by atoms with E-state index in [-0.39, 0.29) is 5.56 Å². The number of carbonyl (C=O) groups is 4. The number of nitrogens with one attached hydrogen (secondary N) is 3. The van der Waals surface area contributed by atoms with E-state index in [2.05, 4.69) is 10.6 Å². The van der Waals surface area contributed by atoms with Crippen LogP contribution >= 0.6 is 11.8 Å². The molecule has 4 amide bonds. The van der Waals surface area contributed by atoms with Gasteiger partial charge in [0.25, 0.3) is 11.8 Å². The lowest BCUT2D eigenvalue weighted by Gasteiger charge is -2.20. The van der Waals surface area contributed by atoms with Crippen molar-refractivity contribution in [2.45, 2.75) is 25.5 Å². The summed E-state index contributed by atoms with van der Waals surface area (Å²) in [5.41, 5.74) is 0.275. The lowest BCUT2D eigenvalue weighted by atomic mass is 10.1. The fourth-order valence-corrected chi connectivity index (χ4v) is 2.61. The molecule has 1 aromatic carbocycles. The normalized spacial score (nSPS) is 12.3.